The lowest BCUT2D eigenvalue weighted by Crippen LogP contribution is -2.39. The summed E-state index contributed by atoms with van der Waals surface area (Å²) in [6.07, 6.45) is 0. The summed E-state index contributed by atoms with van der Waals surface area (Å²) in [5.41, 5.74) is 2.04. The highest BCUT2D eigenvalue weighted by atomic mass is 16.5. The Balaban J connectivity index is 2.49. The van der Waals surface area contributed by atoms with Gasteiger partial charge in [0, 0.05) is 12.6 Å². The van der Waals surface area contributed by atoms with Gasteiger partial charge in [-0.3, -0.25) is 0 Å². The molecule has 20 heavy (non-hydrogen) atoms. The fourth-order valence-corrected chi connectivity index (χ4v) is 1.62. The molecule has 0 aliphatic rings. The lowest BCUT2D eigenvalue weighted by atomic mass is 10.1. The number of nitrogens with one attached hydrogen (secondary N) is 2. The monoisotopic (exact) mass is 278 g/mol. The molecule has 0 radical (unpaired) electrons. The Kier molecular flexibility index (Phi) is 6.02. The fraction of sp³-hybridized carbons (Fsp3) is 0.562. The van der Waals surface area contributed by atoms with Gasteiger partial charge in [-0.15, -0.1) is 0 Å². The standard InChI is InChI=1S/C16H26N2O2/c1-12(2)18-15(19)17-10-13-7-6-8-14(9-13)11-20-16(3,4)5/h6-9,12H,10-11H2,1-5H3,(H2,17,18,19). The van der Waals surface area contributed by atoms with Crippen molar-refractivity contribution in [2.75, 3.05) is 0 Å². The zero-order chi connectivity index (χ0) is 15.2. The highest BCUT2D eigenvalue weighted by molar-refractivity contribution is 5.74. The predicted octanol–water partition coefficient (Wildman–Crippen LogP) is 3.21. The molecule has 0 saturated heterocycles. The van der Waals surface area contributed by atoms with E-state index in [9.17, 15) is 4.79 Å². The Labute approximate surface area is 121 Å². The molecule has 0 spiro atoms. The Bertz CT molecular complexity index is 436. The van der Waals surface area contributed by atoms with E-state index in [0.717, 1.165) is 11.1 Å². The molecule has 2 N–H and O–H groups in total. The SMILES string of the molecule is CC(C)NC(=O)NCc1cccc(COC(C)(C)C)c1. The van der Waals surface area contributed by atoms with Crippen LogP contribution in [0.2, 0.25) is 0 Å². The van der Waals surface area contributed by atoms with E-state index in [1.54, 1.807) is 0 Å². The third-order valence-electron chi connectivity index (χ3n) is 2.54. The lowest BCUT2D eigenvalue weighted by Gasteiger charge is -2.19. The van der Waals surface area contributed by atoms with Crippen molar-refractivity contribution in [1.82, 2.24) is 10.6 Å². The van der Waals surface area contributed by atoms with Crippen LogP contribution in [0.4, 0.5) is 4.79 Å². The molecule has 0 bridgehead atoms. The summed E-state index contributed by atoms with van der Waals surface area (Å²) in [4.78, 5) is 11.5. The zero-order valence-corrected chi connectivity index (χ0v) is 13.1. The second kappa shape index (κ2) is 7.29. The van der Waals surface area contributed by atoms with Crippen LogP contribution < -0.4 is 10.6 Å². The van der Waals surface area contributed by atoms with Gasteiger partial charge in [-0.2, -0.15) is 0 Å². The number of carbonyl (C=O) groups excluding carboxylic acids is 1. The number of carbonyl (C=O) groups is 1. The van der Waals surface area contributed by atoms with Crippen LogP contribution in [0.15, 0.2) is 24.3 Å². The number of benzene rings is 1. The first-order valence-corrected chi connectivity index (χ1v) is 7.02. The maximum absolute atomic E-state index is 11.5. The van der Waals surface area contributed by atoms with Crippen LogP contribution in [-0.2, 0) is 17.9 Å². The highest BCUT2D eigenvalue weighted by Crippen LogP contribution is 2.13. The predicted molar refractivity (Wildman–Crippen MR) is 81.5 cm³/mol. The largest absolute Gasteiger partial charge is 0.371 e. The number of urea groups is 1. The Hall–Kier alpha value is -1.55. The highest BCUT2D eigenvalue weighted by Gasteiger charge is 2.10. The van der Waals surface area contributed by atoms with Gasteiger partial charge >= 0.3 is 6.03 Å². The van der Waals surface area contributed by atoms with Crippen molar-refractivity contribution in [1.29, 1.82) is 0 Å². The molecule has 0 unspecified atom stereocenters. The molecule has 0 aliphatic heterocycles. The van der Waals surface area contributed by atoms with Gasteiger partial charge in [0.2, 0.25) is 0 Å². The first-order chi connectivity index (χ1) is 9.26. The number of amides is 2. The maximum atomic E-state index is 11.5. The van der Waals surface area contributed by atoms with Crippen LogP contribution >= 0.6 is 0 Å². The number of ether oxygens (including phenoxy) is 1. The summed E-state index contributed by atoms with van der Waals surface area (Å²) in [6, 6.07) is 8.07. The minimum Gasteiger partial charge on any atom is -0.371 e. The van der Waals surface area contributed by atoms with Crippen molar-refractivity contribution in [3.8, 4) is 0 Å². The lowest BCUT2D eigenvalue weighted by molar-refractivity contribution is -0.0149. The van der Waals surface area contributed by atoms with Crippen LogP contribution in [0.25, 0.3) is 0 Å². The summed E-state index contributed by atoms with van der Waals surface area (Å²) < 4.78 is 5.75. The maximum Gasteiger partial charge on any atom is 0.315 e. The molecule has 0 atom stereocenters. The average Bonchev–Trinajstić information content (AvgIpc) is 2.33. The first kappa shape index (κ1) is 16.5. The van der Waals surface area contributed by atoms with E-state index in [0.29, 0.717) is 13.2 Å². The second-order valence-electron chi connectivity index (χ2n) is 6.20. The van der Waals surface area contributed by atoms with E-state index in [1.165, 1.54) is 0 Å². The van der Waals surface area contributed by atoms with Gasteiger partial charge in [0.15, 0.2) is 0 Å². The van der Waals surface area contributed by atoms with Crippen molar-refractivity contribution in [2.45, 2.75) is 59.4 Å². The molecule has 1 rings (SSSR count). The smallest absolute Gasteiger partial charge is 0.315 e. The zero-order valence-electron chi connectivity index (χ0n) is 13.1. The Morgan fingerprint density at radius 1 is 1.25 bits per heavy atom. The molecule has 0 aliphatic carbocycles. The summed E-state index contributed by atoms with van der Waals surface area (Å²) in [7, 11) is 0. The summed E-state index contributed by atoms with van der Waals surface area (Å²) in [5, 5.41) is 5.64. The van der Waals surface area contributed by atoms with Crippen molar-refractivity contribution in [3.05, 3.63) is 35.4 Å². The molecule has 1 aromatic carbocycles. The van der Waals surface area contributed by atoms with E-state index < -0.39 is 0 Å². The molecule has 4 nitrogen and oxygen atoms in total. The number of rotatable bonds is 5. The summed E-state index contributed by atoms with van der Waals surface area (Å²) in [6.45, 7) is 11.1. The van der Waals surface area contributed by atoms with E-state index in [4.69, 9.17) is 4.74 Å². The van der Waals surface area contributed by atoms with Gasteiger partial charge in [0.05, 0.1) is 12.2 Å². The van der Waals surface area contributed by atoms with Gasteiger partial charge in [0.1, 0.15) is 0 Å². The number of hydrogen-bond acceptors (Lipinski definition) is 2. The molecule has 2 amide bonds. The van der Waals surface area contributed by atoms with Crippen molar-refractivity contribution in [2.24, 2.45) is 0 Å². The topological polar surface area (TPSA) is 50.4 Å². The average molecular weight is 278 g/mol. The quantitative estimate of drug-likeness (QED) is 0.869. The van der Waals surface area contributed by atoms with E-state index in [-0.39, 0.29) is 17.7 Å². The van der Waals surface area contributed by atoms with Crippen molar-refractivity contribution in [3.63, 3.8) is 0 Å². The molecule has 0 saturated carbocycles. The Morgan fingerprint density at radius 2 is 1.90 bits per heavy atom. The normalized spacial score (nSPS) is 11.5. The van der Waals surface area contributed by atoms with E-state index in [2.05, 4.69) is 16.7 Å². The van der Waals surface area contributed by atoms with Gasteiger partial charge in [-0.25, -0.2) is 4.79 Å². The molecule has 0 fully saturated rings. The third-order valence-corrected chi connectivity index (χ3v) is 2.54. The van der Waals surface area contributed by atoms with Crippen LogP contribution in [0.5, 0.6) is 0 Å². The minimum absolute atomic E-state index is 0.140. The van der Waals surface area contributed by atoms with Gasteiger partial charge in [-0.1, -0.05) is 24.3 Å². The van der Waals surface area contributed by atoms with Crippen molar-refractivity contribution < 1.29 is 9.53 Å². The third kappa shape index (κ3) is 7.14. The van der Waals surface area contributed by atoms with Gasteiger partial charge < -0.3 is 15.4 Å². The molecule has 0 heterocycles. The fourth-order valence-electron chi connectivity index (χ4n) is 1.62. The van der Waals surface area contributed by atoms with Crippen LogP contribution in [0, 0.1) is 0 Å². The van der Waals surface area contributed by atoms with Crippen molar-refractivity contribution >= 4 is 6.03 Å². The van der Waals surface area contributed by atoms with E-state index in [1.807, 2.05) is 52.8 Å². The molecular formula is C16H26N2O2. The first-order valence-electron chi connectivity index (χ1n) is 7.02. The van der Waals surface area contributed by atoms with Gasteiger partial charge in [-0.05, 0) is 45.7 Å². The molecule has 0 aromatic heterocycles. The Morgan fingerprint density at radius 3 is 2.50 bits per heavy atom. The summed E-state index contributed by atoms with van der Waals surface area (Å²) in [5.74, 6) is 0. The van der Waals surface area contributed by atoms with E-state index >= 15 is 0 Å². The molecular weight excluding hydrogens is 252 g/mol. The van der Waals surface area contributed by atoms with Crippen LogP contribution in [0.1, 0.15) is 45.7 Å². The summed E-state index contributed by atoms with van der Waals surface area (Å²) >= 11 is 0. The number of hydrogen-bond donors (Lipinski definition) is 2. The molecule has 4 heteroatoms. The van der Waals surface area contributed by atoms with Crippen LogP contribution in [-0.4, -0.2) is 17.7 Å². The van der Waals surface area contributed by atoms with Gasteiger partial charge in [0.25, 0.3) is 0 Å². The molecule has 1 aromatic rings. The second-order valence-corrected chi connectivity index (χ2v) is 6.20. The minimum atomic E-state index is -0.147. The molecule has 112 valence electrons. The van der Waals surface area contributed by atoms with Crippen LogP contribution in [0.3, 0.4) is 0 Å².